The standard InChI is InChI=1S/C21H19N3OS/c1-14(15-8-4-3-5-9-15)22-21(25)19-13-12-18(26-19)20-23-16-10-6-7-11-17(16)24(20)2/h3-14H,1-2H3,(H,22,25). The first-order valence-electron chi connectivity index (χ1n) is 8.51. The summed E-state index contributed by atoms with van der Waals surface area (Å²) in [6.07, 6.45) is 0. The van der Waals surface area contributed by atoms with Gasteiger partial charge < -0.3 is 9.88 Å². The molecule has 5 heteroatoms. The summed E-state index contributed by atoms with van der Waals surface area (Å²) in [5, 5.41) is 3.06. The molecule has 2 aromatic heterocycles. The summed E-state index contributed by atoms with van der Waals surface area (Å²) in [5.41, 5.74) is 3.13. The number of aromatic nitrogens is 2. The summed E-state index contributed by atoms with van der Waals surface area (Å²) < 4.78 is 2.06. The van der Waals surface area contributed by atoms with Crippen LogP contribution in [0.3, 0.4) is 0 Å². The van der Waals surface area contributed by atoms with Crippen molar-refractivity contribution < 1.29 is 4.79 Å². The SMILES string of the molecule is CC(NC(=O)c1ccc(-c2nc3ccccc3n2C)s1)c1ccccc1. The summed E-state index contributed by atoms with van der Waals surface area (Å²) in [5.74, 6) is 0.822. The maximum Gasteiger partial charge on any atom is 0.261 e. The summed E-state index contributed by atoms with van der Waals surface area (Å²) in [6, 6.07) is 21.8. The van der Waals surface area contributed by atoms with E-state index >= 15 is 0 Å². The second-order valence-corrected chi connectivity index (χ2v) is 7.34. The fraction of sp³-hybridized carbons (Fsp3) is 0.143. The van der Waals surface area contributed by atoms with Crippen LogP contribution in [-0.2, 0) is 7.05 Å². The number of aryl methyl sites for hydroxylation is 1. The molecule has 0 bridgehead atoms. The molecule has 4 nitrogen and oxygen atoms in total. The average Bonchev–Trinajstić information content (AvgIpc) is 3.28. The van der Waals surface area contributed by atoms with Gasteiger partial charge in [-0.15, -0.1) is 11.3 Å². The van der Waals surface area contributed by atoms with Crippen LogP contribution in [0.15, 0.2) is 66.7 Å². The molecule has 26 heavy (non-hydrogen) atoms. The quantitative estimate of drug-likeness (QED) is 0.568. The highest BCUT2D eigenvalue weighted by Crippen LogP contribution is 2.30. The van der Waals surface area contributed by atoms with Crippen molar-refractivity contribution in [3.05, 3.63) is 77.2 Å². The van der Waals surface area contributed by atoms with Crippen LogP contribution >= 0.6 is 11.3 Å². The van der Waals surface area contributed by atoms with Crippen molar-refractivity contribution in [1.82, 2.24) is 14.9 Å². The lowest BCUT2D eigenvalue weighted by molar-refractivity contribution is 0.0944. The number of carbonyl (C=O) groups excluding carboxylic acids is 1. The van der Waals surface area contributed by atoms with Gasteiger partial charge in [0.2, 0.25) is 0 Å². The monoisotopic (exact) mass is 361 g/mol. The lowest BCUT2D eigenvalue weighted by Crippen LogP contribution is -2.25. The molecular weight excluding hydrogens is 342 g/mol. The van der Waals surface area contributed by atoms with Gasteiger partial charge in [-0.25, -0.2) is 4.98 Å². The molecule has 130 valence electrons. The third-order valence-corrected chi connectivity index (χ3v) is 5.56. The first kappa shape index (κ1) is 16.5. The van der Waals surface area contributed by atoms with Crippen molar-refractivity contribution in [1.29, 1.82) is 0 Å². The predicted octanol–water partition coefficient (Wildman–Crippen LogP) is 4.79. The molecule has 1 amide bonds. The summed E-state index contributed by atoms with van der Waals surface area (Å²) >= 11 is 1.47. The molecule has 1 unspecified atom stereocenters. The molecule has 4 rings (SSSR count). The summed E-state index contributed by atoms with van der Waals surface area (Å²) in [6.45, 7) is 1.99. The number of carbonyl (C=O) groups is 1. The van der Waals surface area contributed by atoms with E-state index in [1.165, 1.54) is 11.3 Å². The summed E-state index contributed by atoms with van der Waals surface area (Å²) in [7, 11) is 2.00. The van der Waals surface area contributed by atoms with Gasteiger partial charge in [0.15, 0.2) is 5.82 Å². The van der Waals surface area contributed by atoms with E-state index in [1.807, 2.05) is 74.6 Å². The van der Waals surface area contributed by atoms with Crippen LogP contribution in [0.25, 0.3) is 21.7 Å². The number of nitrogens with zero attached hydrogens (tertiary/aromatic N) is 2. The van der Waals surface area contributed by atoms with E-state index in [9.17, 15) is 4.79 Å². The minimum Gasteiger partial charge on any atom is -0.345 e. The molecule has 0 saturated heterocycles. The van der Waals surface area contributed by atoms with Crippen LogP contribution in [0.2, 0.25) is 0 Å². The molecular formula is C21H19N3OS. The normalized spacial score (nSPS) is 12.2. The zero-order valence-electron chi connectivity index (χ0n) is 14.6. The zero-order valence-corrected chi connectivity index (χ0v) is 15.5. The van der Waals surface area contributed by atoms with Gasteiger partial charge >= 0.3 is 0 Å². The van der Waals surface area contributed by atoms with Crippen molar-refractivity contribution >= 4 is 28.3 Å². The molecule has 0 saturated carbocycles. The largest absolute Gasteiger partial charge is 0.345 e. The van der Waals surface area contributed by atoms with Gasteiger partial charge in [-0.05, 0) is 36.8 Å². The molecule has 1 N–H and O–H groups in total. The molecule has 2 heterocycles. The number of nitrogens with one attached hydrogen (secondary N) is 1. The van der Waals surface area contributed by atoms with Crippen LogP contribution in [0.4, 0.5) is 0 Å². The van der Waals surface area contributed by atoms with Crippen LogP contribution < -0.4 is 5.32 Å². The first-order valence-corrected chi connectivity index (χ1v) is 9.32. The number of fused-ring (bicyclic) bond motifs is 1. The van der Waals surface area contributed by atoms with E-state index in [4.69, 9.17) is 4.98 Å². The minimum atomic E-state index is -0.0589. The maximum atomic E-state index is 12.6. The van der Waals surface area contributed by atoms with Gasteiger partial charge in [-0.3, -0.25) is 4.79 Å². The summed E-state index contributed by atoms with van der Waals surface area (Å²) in [4.78, 5) is 19.0. The van der Waals surface area contributed by atoms with E-state index in [-0.39, 0.29) is 11.9 Å². The van der Waals surface area contributed by atoms with Crippen LogP contribution in [-0.4, -0.2) is 15.5 Å². The Labute approximate surface area is 156 Å². The molecule has 0 aliphatic carbocycles. The van der Waals surface area contributed by atoms with Crippen LogP contribution in [0, 0.1) is 0 Å². The van der Waals surface area contributed by atoms with Crippen molar-refractivity contribution in [2.24, 2.45) is 7.05 Å². The molecule has 1 atom stereocenters. The lowest BCUT2D eigenvalue weighted by Gasteiger charge is -2.13. The fourth-order valence-electron chi connectivity index (χ4n) is 3.04. The molecule has 0 radical (unpaired) electrons. The fourth-order valence-corrected chi connectivity index (χ4v) is 3.97. The number of thiophene rings is 1. The highest BCUT2D eigenvalue weighted by atomic mass is 32.1. The third kappa shape index (κ3) is 3.02. The van der Waals surface area contributed by atoms with Crippen LogP contribution in [0.1, 0.15) is 28.2 Å². The second kappa shape index (κ2) is 6.77. The highest BCUT2D eigenvalue weighted by Gasteiger charge is 2.16. The van der Waals surface area contributed by atoms with Crippen molar-refractivity contribution in [2.75, 3.05) is 0 Å². The van der Waals surface area contributed by atoms with Crippen molar-refractivity contribution in [3.8, 4) is 10.7 Å². The smallest absolute Gasteiger partial charge is 0.261 e. The Morgan fingerprint density at radius 3 is 2.54 bits per heavy atom. The van der Waals surface area contributed by atoms with Gasteiger partial charge in [0.1, 0.15) is 0 Å². The Balaban J connectivity index is 1.57. The van der Waals surface area contributed by atoms with E-state index in [0.29, 0.717) is 4.88 Å². The molecule has 2 aromatic carbocycles. The third-order valence-electron chi connectivity index (χ3n) is 4.48. The number of para-hydroxylation sites is 2. The number of imidazole rings is 1. The minimum absolute atomic E-state index is 0.0370. The molecule has 4 aromatic rings. The number of benzene rings is 2. The van der Waals surface area contributed by atoms with Crippen molar-refractivity contribution in [2.45, 2.75) is 13.0 Å². The Hall–Kier alpha value is -2.92. The predicted molar refractivity (Wildman–Crippen MR) is 106 cm³/mol. The Morgan fingerprint density at radius 1 is 1.04 bits per heavy atom. The topological polar surface area (TPSA) is 46.9 Å². The van der Waals surface area contributed by atoms with Gasteiger partial charge in [0.25, 0.3) is 5.91 Å². The molecule has 0 spiro atoms. The van der Waals surface area contributed by atoms with Crippen LogP contribution in [0.5, 0.6) is 0 Å². The molecule has 0 aliphatic rings. The van der Waals surface area contributed by atoms with Gasteiger partial charge in [-0.1, -0.05) is 42.5 Å². The van der Waals surface area contributed by atoms with E-state index in [1.54, 1.807) is 0 Å². The van der Waals surface area contributed by atoms with Gasteiger partial charge in [0, 0.05) is 7.05 Å². The zero-order chi connectivity index (χ0) is 18.1. The molecule has 0 aliphatic heterocycles. The first-order chi connectivity index (χ1) is 12.6. The van der Waals surface area contributed by atoms with E-state index in [0.717, 1.165) is 27.3 Å². The number of rotatable bonds is 4. The Kier molecular flexibility index (Phi) is 4.31. The van der Waals surface area contributed by atoms with E-state index in [2.05, 4.69) is 16.0 Å². The van der Waals surface area contributed by atoms with Gasteiger partial charge in [-0.2, -0.15) is 0 Å². The number of hydrogen-bond acceptors (Lipinski definition) is 3. The number of amides is 1. The van der Waals surface area contributed by atoms with Crippen molar-refractivity contribution in [3.63, 3.8) is 0 Å². The highest BCUT2D eigenvalue weighted by molar-refractivity contribution is 7.17. The molecule has 0 fully saturated rings. The maximum absolute atomic E-state index is 12.6. The Morgan fingerprint density at radius 2 is 1.77 bits per heavy atom. The second-order valence-electron chi connectivity index (χ2n) is 6.25. The average molecular weight is 361 g/mol. The Bertz CT molecular complexity index is 1070. The number of hydrogen-bond donors (Lipinski definition) is 1. The lowest BCUT2D eigenvalue weighted by atomic mass is 10.1. The van der Waals surface area contributed by atoms with E-state index < -0.39 is 0 Å². The van der Waals surface area contributed by atoms with Gasteiger partial charge in [0.05, 0.1) is 26.8 Å².